The second-order valence-electron chi connectivity index (χ2n) is 6.81. The number of benzene rings is 2. The average Bonchev–Trinajstić information content (AvgIpc) is 2.61. The molecule has 0 unspecified atom stereocenters. The van der Waals surface area contributed by atoms with Crippen molar-refractivity contribution < 1.29 is 9.59 Å². The Hall–Kier alpha value is -2.47. The maximum atomic E-state index is 12.3. The molecular formula is C20H22BrN3O2. The largest absolute Gasteiger partial charge is 0.346 e. The zero-order chi connectivity index (χ0) is 19.2. The summed E-state index contributed by atoms with van der Waals surface area (Å²) in [5.74, 6) is -0.395. The Balaban J connectivity index is 2.13. The molecule has 2 aromatic rings. The summed E-state index contributed by atoms with van der Waals surface area (Å²) in [6.07, 6.45) is 0. The van der Waals surface area contributed by atoms with E-state index in [2.05, 4.69) is 31.8 Å². The topological polar surface area (TPSA) is 70.6 Å². The van der Waals surface area contributed by atoms with Gasteiger partial charge in [-0.15, -0.1) is 0 Å². The number of halogens is 1. The zero-order valence-electron chi connectivity index (χ0n) is 15.0. The molecule has 0 aliphatic carbocycles. The van der Waals surface area contributed by atoms with Crippen LogP contribution in [0.4, 0.5) is 0 Å². The van der Waals surface area contributed by atoms with Crippen LogP contribution in [0.2, 0.25) is 0 Å². The molecule has 0 aliphatic rings. The Labute approximate surface area is 162 Å². The van der Waals surface area contributed by atoms with Gasteiger partial charge in [-0.25, -0.2) is 5.43 Å². The van der Waals surface area contributed by atoms with E-state index in [4.69, 9.17) is 0 Å². The van der Waals surface area contributed by atoms with Crippen molar-refractivity contribution in [2.45, 2.75) is 20.8 Å². The highest BCUT2D eigenvalue weighted by Gasteiger charge is 2.21. The minimum absolute atomic E-state index is 0.190. The van der Waals surface area contributed by atoms with Crippen LogP contribution >= 0.6 is 15.9 Å². The van der Waals surface area contributed by atoms with Gasteiger partial charge in [0, 0.05) is 15.5 Å². The van der Waals surface area contributed by atoms with Gasteiger partial charge in [0.05, 0.1) is 12.3 Å². The maximum Gasteiger partial charge on any atom is 0.251 e. The van der Waals surface area contributed by atoms with Gasteiger partial charge in [0.1, 0.15) is 0 Å². The van der Waals surface area contributed by atoms with E-state index >= 15 is 0 Å². The van der Waals surface area contributed by atoms with Crippen molar-refractivity contribution >= 4 is 33.5 Å². The van der Waals surface area contributed by atoms with Gasteiger partial charge in [-0.05, 0) is 29.8 Å². The van der Waals surface area contributed by atoms with Gasteiger partial charge >= 0.3 is 0 Å². The third kappa shape index (κ3) is 5.81. The van der Waals surface area contributed by atoms with Gasteiger partial charge in [-0.1, -0.05) is 67.0 Å². The molecule has 0 radical (unpaired) electrons. The number of carbonyl (C=O) groups excluding carboxylic acids is 2. The lowest BCUT2D eigenvalue weighted by Gasteiger charge is -2.16. The number of rotatable bonds is 5. The smallest absolute Gasteiger partial charge is 0.251 e. The molecule has 136 valence electrons. The normalized spacial score (nSPS) is 11.8. The van der Waals surface area contributed by atoms with Crippen LogP contribution in [0.3, 0.4) is 0 Å². The van der Waals surface area contributed by atoms with Gasteiger partial charge in [0.25, 0.3) is 5.91 Å². The second kappa shape index (κ2) is 8.76. The van der Waals surface area contributed by atoms with Crippen LogP contribution in [0, 0.1) is 5.41 Å². The zero-order valence-corrected chi connectivity index (χ0v) is 16.6. The molecule has 0 saturated heterocycles. The van der Waals surface area contributed by atoms with E-state index in [0.29, 0.717) is 11.3 Å². The van der Waals surface area contributed by atoms with Crippen LogP contribution in [-0.2, 0) is 4.79 Å². The fourth-order valence-electron chi connectivity index (χ4n) is 1.99. The first-order valence-corrected chi connectivity index (χ1v) is 9.03. The van der Waals surface area contributed by atoms with Crippen molar-refractivity contribution in [1.82, 2.24) is 10.7 Å². The van der Waals surface area contributed by atoms with Gasteiger partial charge in [-0.2, -0.15) is 5.10 Å². The predicted molar refractivity (Wildman–Crippen MR) is 107 cm³/mol. The first-order chi connectivity index (χ1) is 12.3. The lowest BCUT2D eigenvalue weighted by molar-refractivity contribution is -0.128. The van der Waals surface area contributed by atoms with Crippen molar-refractivity contribution in [3.8, 4) is 0 Å². The van der Waals surface area contributed by atoms with E-state index in [1.165, 1.54) is 0 Å². The van der Waals surface area contributed by atoms with E-state index in [1.54, 1.807) is 12.1 Å². The van der Waals surface area contributed by atoms with Crippen molar-refractivity contribution in [2.75, 3.05) is 6.54 Å². The van der Waals surface area contributed by atoms with Crippen molar-refractivity contribution in [3.63, 3.8) is 0 Å². The average molecular weight is 416 g/mol. The number of carbonyl (C=O) groups is 2. The van der Waals surface area contributed by atoms with Crippen LogP contribution < -0.4 is 10.7 Å². The second-order valence-corrected chi connectivity index (χ2v) is 7.72. The molecule has 0 spiro atoms. The van der Waals surface area contributed by atoms with Gasteiger partial charge < -0.3 is 5.32 Å². The Morgan fingerprint density at radius 2 is 1.58 bits per heavy atom. The summed E-state index contributed by atoms with van der Waals surface area (Å²) in [5, 5.41) is 7.08. The van der Waals surface area contributed by atoms with Crippen LogP contribution in [0.25, 0.3) is 0 Å². The summed E-state index contributed by atoms with van der Waals surface area (Å²) in [5.41, 5.74) is 4.00. The summed E-state index contributed by atoms with van der Waals surface area (Å²) in [4.78, 5) is 24.4. The Kier molecular flexibility index (Phi) is 6.69. The number of nitrogens with one attached hydrogen (secondary N) is 2. The Morgan fingerprint density at radius 3 is 2.15 bits per heavy atom. The van der Waals surface area contributed by atoms with Crippen molar-refractivity contribution in [1.29, 1.82) is 0 Å². The van der Waals surface area contributed by atoms with Gasteiger partial charge in [0.15, 0.2) is 0 Å². The van der Waals surface area contributed by atoms with E-state index in [1.807, 2.05) is 63.2 Å². The Morgan fingerprint density at radius 1 is 0.962 bits per heavy atom. The SMILES string of the molecule is CC(C)(C)C(=O)N/N=C(\CNC(=O)c1ccc(Br)cc1)c1ccccc1. The van der Waals surface area contributed by atoms with Crippen LogP contribution in [0.15, 0.2) is 64.2 Å². The number of hydrazone groups is 1. The number of hydrogen-bond donors (Lipinski definition) is 2. The molecule has 2 N–H and O–H groups in total. The summed E-state index contributed by atoms with van der Waals surface area (Å²) >= 11 is 3.35. The molecule has 0 atom stereocenters. The number of nitrogens with zero attached hydrogens (tertiary/aromatic N) is 1. The molecule has 2 aromatic carbocycles. The van der Waals surface area contributed by atoms with Crippen molar-refractivity contribution in [3.05, 3.63) is 70.2 Å². The molecule has 0 fully saturated rings. The number of hydrogen-bond acceptors (Lipinski definition) is 3. The molecule has 2 amide bonds. The molecular weight excluding hydrogens is 394 g/mol. The molecule has 0 aliphatic heterocycles. The van der Waals surface area contributed by atoms with E-state index < -0.39 is 5.41 Å². The van der Waals surface area contributed by atoms with E-state index in [9.17, 15) is 9.59 Å². The molecule has 0 heterocycles. The fraction of sp³-hybridized carbons (Fsp3) is 0.250. The van der Waals surface area contributed by atoms with Crippen LogP contribution in [0.1, 0.15) is 36.7 Å². The monoisotopic (exact) mass is 415 g/mol. The predicted octanol–water partition coefficient (Wildman–Crippen LogP) is 3.75. The van der Waals surface area contributed by atoms with Gasteiger partial charge in [-0.3, -0.25) is 9.59 Å². The summed E-state index contributed by atoms with van der Waals surface area (Å²) in [6, 6.07) is 16.5. The minimum Gasteiger partial charge on any atom is -0.346 e. The fourth-order valence-corrected chi connectivity index (χ4v) is 2.25. The highest BCUT2D eigenvalue weighted by molar-refractivity contribution is 9.10. The minimum atomic E-state index is -0.550. The lowest BCUT2D eigenvalue weighted by atomic mass is 9.96. The highest BCUT2D eigenvalue weighted by Crippen LogP contribution is 2.13. The molecule has 0 saturated carbocycles. The standard InChI is InChI=1S/C20H22BrN3O2/c1-20(2,3)19(26)24-23-17(14-7-5-4-6-8-14)13-22-18(25)15-9-11-16(21)12-10-15/h4-12H,13H2,1-3H3,(H,22,25)(H,24,26)/b23-17+. The molecule has 0 bridgehead atoms. The third-order valence-electron chi connectivity index (χ3n) is 3.60. The van der Waals surface area contributed by atoms with Crippen molar-refractivity contribution in [2.24, 2.45) is 10.5 Å². The van der Waals surface area contributed by atoms with Gasteiger partial charge in [0.2, 0.25) is 5.91 Å². The molecule has 6 heteroatoms. The summed E-state index contributed by atoms with van der Waals surface area (Å²) in [6.45, 7) is 5.64. The summed E-state index contributed by atoms with van der Waals surface area (Å²) < 4.78 is 0.908. The van der Waals surface area contributed by atoms with E-state index in [0.717, 1.165) is 10.0 Å². The molecule has 0 aromatic heterocycles. The highest BCUT2D eigenvalue weighted by atomic mass is 79.9. The third-order valence-corrected chi connectivity index (χ3v) is 4.13. The maximum absolute atomic E-state index is 12.3. The molecule has 26 heavy (non-hydrogen) atoms. The molecule has 2 rings (SSSR count). The quantitative estimate of drug-likeness (QED) is 0.576. The lowest BCUT2D eigenvalue weighted by Crippen LogP contribution is -2.35. The first kappa shape index (κ1) is 19.8. The summed E-state index contributed by atoms with van der Waals surface area (Å²) in [7, 11) is 0. The van der Waals surface area contributed by atoms with Crippen LogP contribution in [0.5, 0.6) is 0 Å². The number of amides is 2. The van der Waals surface area contributed by atoms with E-state index in [-0.39, 0.29) is 18.4 Å². The van der Waals surface area contributed by atoms with Crippen LogP contribution in [-0.4, -0.2) is 24.1 Å². The first-order valence-electron chi connectivity index (χ1n) is 8.23. The Bertz CT molecular complexity index is 794. The molecule has 5 nitrogen and oxygen atoms in total.